The quantitative estimate of drug-likeness (QED) is 0.539. The average molecular weight is 344 g/mol. The number of benzene rings is 1. The van der Waals surface area contributed by atoms with Crippen molar-refractivity contribution in [2.75, 3.05) is 20.3 Å². The third-order valence-electron chi connectivity index (χ3n) is 2.30. The molecule has 0 amide bonds. The second-order valence-corrected chi connectivity index (χ2v) is 5.00. The highest BCUT2D eigenvalue weighted by Gasteiger charge is 2.11. The van der Waals surface area contributed by atoms with Crippen LogP contribution in [0.3, 0.4) is 0 Å². The Morgan fingerprint density at radius 1 is 1.39 bits per heavy atom. The van der Waals surface area contributed by atoms with Gasteiger partial charge in [-0.2, -0.15) is 0 Å². The van der Waals surface area contributed by atoms with E-state index in [9.17, 15) is 8.78 Å². The first-order chi connectivity index (χ1) is 8.54. The van der Waals surface area contributed by atoms with Crippen molar-refractivity contribution in [3.63, 3.8) is 0 Å². The minimum absolute atomic E-state index is 0.210. The highest BCUT2D eigenvalue weighted by Crippen LogP contribution is 2.31. The van der Waals surface area contributed by atoms with Gasteiger partial charge in [-0.15, -0.1) is 11.6 Å². The fourth-order valence-corrected chi connectivity index (χ4v) is 2.19. The summed E-state index contributed by atoms with van der Waals surface area (Å²) in [4.78, 5) is 0. The smallest absolute Gasteiger partial charge is 0.261 e. The maximum Gasteiger partial charge on any atom is 0.261 e. The van der Waals surface area contributed by atoms with E-state index in [2.05, 4.69) is 15.9 Å². The summed E-state index contributed by atoms with van der Waals surface area (Å²) in [5, 5.41) is -0.273. The van der Waals surface area contributed by atoms with E-state index in [1.165, 1.54) is 0 Å². The monoisotopic (exact) mass is 342 g/mol. The fourth-order valence-electron chi connectivity index (χ4n) is 1.40. The fraction of sp³-hybridized carbons (Fsp3) is 0.500. The molecule has 0 N–H and O–H groups in total. The van der Waals surface area contributed by atoms with E-state index in [1.807, 2.05) is 12.1 Å². The van der Waals surface area contributed by atoms with Gasteiger partial charge in [0.25, 0.3) is 6.43 Å². The van der Waals surface area contributed by atoms with Gasteiger partial charge in [0.1, 0.15) is 12.4 Å². The van der Waals surface area contributed by atoms with E-state index >= 15 is 0 Å². The lowest BCUT2D eigenvalue weighted by atomic mass is 10.1. The van der Waals surface area contributed by atoms with E-state index in [0.29, 0.717) is 6.42 Å². The minimum atomic E-state index is -2.44. The number of halogens is 4. The lowest BCUT2D eigenvalue weighted by Crippen LogP contribution is -2.07. The summed E-state index contributed by atoms with van der Waals surface area (Å²) in [6.07, 6.45) is -1.96. The van der Waals surface area contributed by atoms with Crippen molar-refractivity contribution >= 4 is 27.5 Å². The van der Waals surface area contributed by atoms with Crippen molar-refractivity contribution in [3.05, 3.63) is 28.2 Å². The SMILES string of the molecule is COc1ccc(C(Cl)CCOCC(F)F)cc1Br. The molecule has 0 radical (unpaired) electrons. The van der Waals surface area contributed by atoms with E-state index in [1.54, 1.807) is 13.2 Å². The van der Waals surface area contributed by atoms with Crippen molar-refractivity contribution in [1.29, 1.82) is 0 Å². The third-order valence-corrected chi connectivity index (χ3v) is 3.39. The molecule has 0 aliphatic carbocycles. The molecule has 1 unspecified atom stereocenters. The molecule has 0 aliphatic heterocycles. The van der Waals surface area contributed by atoms with Crippen LogP contribution in [0.1, 0.15) is 17.4 Å². The van der Waals surface area contributed by atoms with Crippen LogP contribution >= 0.6 is 27.5 Å². The minimum Gasteiger partial charge on any atom is -0.496 e. The molecule has 0 aromatic heterocycles. The summed E-state index contributed by atoms with van der Waals surface area (Å²) in [5.41, 5.74) is 0.894. The third kappa shape index (κ3) is 5.08. The Morgan fingerprint density at radius 3 is 2.67 bits per heavy atom. The summed E-state index contributed by atoms with van der Waals surface area (Å²) >= 11 is 9.52. The maximum atomic E-state index is 11.8. The predicted octanol–water partition coefficient (Wildman–Crippen LogP) is 4.41. The van der Waals surface area contributed by atoms with E-state index in [0.717, 1.165) is 15.8 Å². The van der Waals surface area contributed by atoms with E-state index in [-0.39, 0.29) is 12.0 Å². The van der Waals surface area contributed by atoms with Gasteiger partial charge in [-0.25, -0.2) is 8.78 Å². The normalized spacial score (nSPS) is 12.8. The largest absolute Gasteiger partial charge is 0.496 e. The Kier molecular flexibility index (Phi) is 6.89. The van der Waals surface area contributed by atoms with Crippen LogP contribution in [0.4, 0.5) is 8.78 Å². The van der Waals surface area contributed by atoms with Crippen molar-refractivity contribution < 1.29 is 18.3 Å². The van der Waals surface area contributed by atoms with Crippen LogP contribution in [0.15, 0.2) is 22.7 Å². The summed E-state index contributed by atoms with van der Waals surface area (Å²) < 4.78 is 34.4. The van der Waals surface area contributed by atoms with Crippen LogP contribution in [-0.2, 0) is 4.74 Å². The molecule has 1 aromatic rings. The lowest BCUT2D eigenvalue weighted by Gasteiger charge is -2.12. The molecule has 1 rings (SSSR count). The Bertz CT molecular complexity index is 377. The zero-order valence-electron chi connectivity index (χ0n) is 9.84. The summed E-state index contributed by atoms with van der Waals surface area (Å²) in [5.74, 6) is 0.719. The standard InChI is InChI=1S/C12H14BrClF2O2/c1-17-11-3-2-8(6-9(11)13)10(14)4-5-18-7-12(15)16/h2-3,6,10,12H,4-5,7H2,1H3. The van der Waals surface area contributed by atoms with Crippen LogP contribution in [0.2, 0.25) is 0 Å². The molecule has 0 bridgehead atoms. The van der Waals surface area contributed by atoms with Crippen LogP contribution in [-0.4, -0.2) is 26.7 Å². The van der Waals surface area contributed by atoms with Gasteiger partial charge < -0.3 is 9.47 Å². The van der Waals surface area contributed by atoms with Gasteiger partial charge in [0, 0.05) is 6.61 Å². The van der Waals surface area contributed by atoms with Crippen molar-refractivity contribution in [3.8, 4) is 5.75 Å². The topological polar surface area (TPSA) is 18.5 Å². The number of hydrogen-bond donors (Lipinski definition) is 0. The molecule has 0 saturated carbocycles. The van der Waals surface area contributed by atoms with Gasteiger partial charge in [-0.1, -0.05) is 6.07 Å². The summed E-state index contributed by atoms with van der Waals surface area (Å²) in [7, 11) is 1.58. The highest BCUT2D eigenvalue weighted by atomic mass is 79.9. The first-order valence-electron chi connectivity index (χ1n) is 5.38. The van der Waals surface area contributed by atoms with Gasteiger partial charge in [0.2, 0.25) is 0 Å². The number of methoxy groups -OCH3 is 1. The average Bonchev–Trinajstić information content (AvgIpc) is 2.34. The Hall–Kier alpha value is -0.390. The van der Waals surface area contributed by atoms with Crippen molar-refractivity contribution in [1.82, 2.24) is 0 Å². The summed E-state index contributed by atoms with van der Waals surface area (Å²) in [6, 6.07) is 5.49. The molecule has 1 atom stereocenters. The summed E-state index contributed by atoms with van der Waals surface area (Å²) in [6.45, 7) is -0.335. The molecule has 1 aromatic carbocycles. The molecular weight excluding hydrogens is 329 g/mol. The zero-order valence-corrected chi connectivity index (χ0v) is 12.2. The zero-order chi connectivity index (χ0) is 13.5. The van der Waals surface area contributed by atoms with E-state index in [4.69, 9.17) is 21.1 Å². The molecule has 6 heteroatoms. The van der Waals surface area contributed by atoms with Crippen LogP contribution in [0.25, 0.3) is 0 Å². The second kappa shape index (κ2) is 7.92. The Morgan fingerprint density at radius 2 is 2.11 bits per heavy atom. The first-order valence-corrected chi connectivity index (χ1v) is 6.61. The molecular formula is C12H14BrClF2O2. The van der Waals surface area contributed by atoms with Crippen molar-refractivity contribution in [2.24, 2.45) is 0 Å². The number of rotatable bonds is 7. The van der Waals surface area contributed by atoms with Crippen LogP contribution < -0.4 is 4.74 Å². The van der Waals surface area contributed by atoms with Crippen molar-refractivity contribution in [2.45, 2.75) is 18.2 Å². The van der Waals surface area contributed by atoms with Crippen LogP contribution in [0.5, 0.6) is 5.75 Å². The molecule has 102 valence electrons. The lowest BCUT2D eigenvalue weighted by molar-refractivity contribution is 0.0165. The number of hydrogen-bond acceptors (Lipinski definition) is 2. The Balaban J connectivity index is 2.46. The molecule has 0 saturated heterocycles. The van der Waals surface area contributed by atoms with Gasteiger partial charge >= 0.3 is 0 Å². The van der Waals surface area contributed by atoms with Gasteiger partial charge in [0.15, 0.2) is 0 Å². The molecule has 2 nitrogen and oxygen atoms in total. The second-order valence-electron chi connectivity index (χ2n) is 3.62. The molecule has 18 heavy (non-hydrogen) atoms. The molecule has 0 heterocycles. The Labute approximate surface area is 118 Å². The predicted molar refractivity (Wildman–Crippen MR) is 70.7 cm³/mol. The first kappa shape index (κ1) is 15.7. The number of ether oxygens (including phenoxy) is 2. The van der Waals surface area contributed by atoms with Gasteiger partial charge in [-0.3, -0.25) is 0 Å². The van der Waals surface area contributed by atoms with Gasteiger partial charge in [0.05, 0.1) is 17.0 Å². The van der Waals surface area contributed by atoms with E-state index < -0.39 is 13.0 Å². The molecule has 0 aliphatic rings. The molecule has 0 fully saturated rings. The van der Waals surface area contributed by atoms with Gasteiger partial charge in [-0.05, 0) is 40.0 Å². The maximum absolute atomic E-state index is 11.8. The number of alkyl halides is 3. The molecule has 0 spiro atoms. The van der Waals surface area contributed by atoms with Crippen LogP contribution in [0, 0.1) is 0 Å². The highest BCUT2D eigenvalue weighted by molar-refractivity contribution is 9.10.